The molecule has 0 unspecified atom stereocenters. The molecule has 0 atom stereocenters. The summed E-state index contributed by atoms with van der Waals surface area (Å²) >= 11 is 8.02. The van der Waals surface area contributed by atoms with Crippen LogP contribution in [0.15, 0.2) is 83.7 Å². The zero-order valence-electron chi connectivity index (χ0n) is 19.1. The standard InChI is InChI=1S/C28H23ClN2O3S/c1-34-21-12-11-19-15-20(27(32)30-23(19)16-21)17-31(14-13-18-7-3-2-4-8-18)28(33)26-25(29)22-9-5-6-10-24(22)35-26/h2-12,15-16H,13-14,17H2,1H3,(H,30,32). The first kappa shape index (κ1) is 23.1. The van der Waals surface area contributed by atoms with Crippen LogP contribution in [-0.2, 0) is 13.0 Å². The summed E-state index contributed by atoms with van der Waals surface area (Å²) in [6.07, 6.45) is 0.664. The van der Waals surface area contributed by atoms with Crippen molar-refractivity contribution in [3.8, 4) is 5.75 Å². The summed E-state index contributed by atoms with van der Waals surface area (Å²) in [4.78, 5) is 31.8. The van der Waals surface area contributed by atoms with Crippen molar-refractivity contribution in [1.82, 2.24) is 9.88 Å². The van der Waals surface area contributed by atoms with E-state index in [1.165, 1.54) is 11.3 Å². The Morgan fingerprint density at radius 1 is 1.03 bits per heavy atom. The summed E-state index contributed by atoms with van der Waals surface area (Å²) in [6, 6.07) is 25.1. The van der Waals surface area contributed by atoms with Gasteiger partial charge in [0.25, 0.3) is 11.5 Å². The number of thiophene rings is 1. The summed E-state index contributed by atoms with van der Waals surface area (Å²) < 4.78 is 6.22. The molecule has 0 spiro atoms. The van der Waals surface area contributed by atoms with Crippen LogP contribution in [0.1, 0.15) is 20.8 Å². The Bertz CT molecular complexity index is 1580. The van der Waals surface area contributed by atoms with Crippen LogP contribution < -0.4 is 10.3 Å². The van der Waals surface area contributed by atoms with E-state index in [-0.39, 0.29) is 18.0 Å². The van der Waals surface area contributed by atoms with Crippen molar-refractivity contribution in [3.63, 3.8) is 0 Å². The van der Waals surface area contributed by atoms with Gasteiger partial charge >= 0.3 is 0 Å². The Labute approximate surface area is 211 Å². The first-order valence-corrected chi connectivity index (χ1v) is 12.4. The average Bonchev–Trinajstić information content (AvgIpc) is 3.23. The van der Waals surface area contributed by atoms with E-state index < -0.39 is 0 Å². The lowest BCUT2D eigenvalue weighted by Crippen LogP contribution is -2.34. The van der Waals surface area contributed by atoms with Gasteiger partial charge in [-0.3, -0.25) is 9.59 Å². The van der Waals surface area contributed by atoms with Crippen LogP contribution in [0.3, 0.4) is 0 Å². The van der Waals surface area contributed by atoms with E-state index in [0.717, 1.165) is 21.0 Å². The maximum absolute atomic E-state index is 13.7. The van der Waals surface area contributed by atoms with Crippen LogP contribution in [0.2, 0.25) is 5.02 Å². The molecule has 0 saturated carbocycles. The molecule has 5 rings (SSSR count). The van der Waals surface area contributed by atoms with Crippen molar-refractivity contribution in [2.75, 3.05) is 13.7 Å². The van der Waals surface area contributed by atoms with Crippen LogP contribution in [0.4, 0.5) is 0 Å². The fourth-order valence-corrected chi connectivity index (χ4v) is 5.61. The summed E-state index contributed by atoms with van der Waals surface area (Å²) in [6.45, 7) is 0.626. The number of rotatable bonds is 7. The summed E-state index contributed by atoms with van der Waals surface area (Å²) in [7, 11) is 1.59. The van der Waals surface area contributed by atoms with Gasteiger partial charge in [-0.15, -0.1) is 11.3 Å². The Morgan fingerprint density at radius 3 is 2.57 bits per heavy atom. The molecule has 0 aliphatic carbocycles. The summed E-state index contributed by atoms with van der Waals surface area (Å²) in [5.74, 6) is 0.487. The number of aromatic amines is 1. The number of ether oxygens (including phenoxy) is 1. The van der Waals surface area contributed by atoms with Gasteiger partial charge in [-0.2, -0.15) is 0 Å². The molecule has 5 aromatic rings. The SMILES string of the molecule is COc1ccc2cc(CN(CCc3ccccc3)C(=O)c3sc4ccccc4c3Cl)c(=O)[nH]c2c1. The monoisotopic (exact) mass is 502 g/mol. The minimum atomic E-state index is -0.231. The van der Waals surface area contributed by atoms with Crippen molar-refractivity contribution in [3.05, 3.63) is 110 Å². The topological polar surface area (TPSA) is 62.4 Å². The van der Waals surface area contributed by atoms with Crippen LogP contribution in [0.5, 0.6) is 5.75 Å². The molecule has 0 saturated heterocycles. The van der Waals surface area contributed by atoms with Crippen LogP contribution in [0.25, 0.3) is 21.0 Å². The molecule has 0 aliphatic rings. The van der Waals surface area contributed by atoms with E-state index in [4.69, 9.17) is 16.3 Å². The quantitative estimate of drug-likeness (QED) is 0.284. The van der Waals surface area contributed by atoms with Gasteiger partial charge in [0, 0.05) is 28.3 Å². The van der Waals surface area contributed by atoms with Gasteiger partial charge in [-0.25, -0.2) is 0 Å². The van der Waals surface area contributed by atoms with Crippen LogP contribution in [0, 0.1) is 0 Å². The third-order valence-electron chi connectivity index (χ3n) is 6.02. The highest BCUT2D eigenvalue weighted by Gasteiger charge is 2.23. The normalized spacial score (nSPS) is 11.1. The number of carbonyl (C=O) groups excluding carboxylic acids is 1. The summed E-state index contributed by atoms with van der Waals surface area (Å²) in [5, 5.41) is 2.19. The zero-order valence-corrected chi connectivity index (χ0v) is 20.7. The average molecular weight is 503 g/mol. The maximum Gasteiger partial charge on any atom is 0.265 e. The molecule has 0 bridgehead atoms. The first-order valence-electron chi connectivity index (χ1n) is 11.2. The number of aromatic nitrogens is 1. The number of hydrogen-bond acceptors (Lipinski definition) is 4. The van der Waals surface area contributed by atoms with Gasteiger partial charge in [0.15, 0.2) is 0 Å². The van der Waals surface area contributed by atoms with Gasteiger partial charge < -0.3 is 14.6 Å². The van der Waals surface area contributed by atoms with Gasteiger partial charge in [0.2, 0.25) is 0 Å². The summed E-state index contributed by atoms with van der Waals surface area (Å²) in [5.41, 5.74) is 2.09. The molecule has 176 valence electrons. The second-order valence-corrected chi connectivity index (χ2v) is 9.71. The van der Waals surface area contributed by atoms with Gasteiger partial charge in [-0.05, 0) is 41.6 Å². The predicted octanol–water partition coefficient (Wildman–Crippen LogP) is 6.29. The minimum absolute atomic E-state index is 0.174. The number of fused-ring (bicyclic) bond motifs is 2. The molecule has 0 aliphatic heterocycles. The molecule has 0 fully saturated rings. The van der Waals surface area contributed by atoms with E-state index in [1.807, 2.05) is 72.8 Å². The third kappa shape index (κ3) is 4.81. The zero-order chi connectivity index (χ0) is 24.4. The molecule has 3 aromatic carbocycles. The highest BCUT2D eigenvalue weighted by molar-refractivity contribution is 7.21. The fourth-order valence-electron chi connectivity index (χ4n) is 4.13. The van der Waals surface area contributed by atoms with Crippen molar-refractivity contribution >= 4 is 49.8 Å². The number of nitrogens with one attached hydrogen (secondary N) is 1. The smallest absolute Gasteiger partial charge is 0.265 e. The van der Waals surface area contributed by atoms with Crippen molar-refractivity contribution < 1.29 is 9.53 Å². The molecule has 1 N–H and O–H groups in total. The molecule has 2 heterocycles. The highest BCUT2D eigenvalue weighted by atomic mass is 35.5. The van der Waals surface area contributed by atoms with E-state index in [0.29, 0.717) is 39.7 Å². The van der Waals surface area contributed by atoms with Gasteiger partial charge in [0.05, 0.1) is 24.2 Å². The molecule has 7 heteroatoms. The minimum Gasteiger partial charge on any atom is -0.497 e. The number of hydrogen-bond donors (Lipinski definition) is 1. The van der Waals surface area contributed by atoms with Crippen molar-refractivity contribution in [2.45, 2.75) is 13.0 Å². The first-order chi connectivity index (χ1) is 17.0. The Morgan fingerprint density at radius 2 is 1.80 bits per heavy atom. The number of H-pyrrole nitrogens is 1. The maximum atomic E-state index is 13.7. The second-order valence-electron chi connectivity index (χ2n) is 8.28. The van der Waals surface area contributed by atoms with E-state index in [2.05, 4.69) is 4.98 Å². The largest absolute Gasteiger partial charge is 0.497 e. The Balaban J connectivity index is 1.50. The highest BCUT2D eigenvalue weighted by Crippen LogP contribution is 2.36. The number of amides is 1. The molecule has 35 heavy (non-hydrogen) atoms. The Kier molecular flexibility index (Phi) is 6.57. The van der Waals surface area contributed by atoms with Crippen LogP contribution >= 0.6 is 22.9 Å². The third-order valence-corrected chi connectivity index (χ3v) is 7.68. The van der Waals surface area contributed by atoms with E-state index >= 15 is 0 Å². The lowest BCUT2D eigenvalue weighted by atomic mass is 10.1. The number of carbonyl (C=O) groups is 1. The number of nitrogens with zero attached hydrogens (tertiary/aromatic N) is 1. The molecule has 5 nitrogen and oxygen atoms in total. The Hall–Kier alpha value is -3.61. The molecular formula is C28H23ClN2O3S. The fraction of sp³-hybridized carbons (Fsp3) is 0.143. The van der Waals surface area contributed by atoms with Gasteiger partial charge in [0.1, 0.15) is 10.6 Å². The molecule has 1 amide bonds. The molecule has 2 aromatic heterocycles. The van der Waals surface area contributed by atoms with E-state index in [9.17, 15) is 9.59 Å². The van der Waals surface area contributed by atoms with Gasteiger partial charge in [-0.1, -0.05) is 60.1 Å². The molecule has 0 radical (unpaired) electrons. The number of pyridine rings is 1. The lowest BCUT2D eigenvalue weighted by Gasteiger charge is -2.22. The number of methoxy groups -OCH3 is 1. The van der Waals surface area contributed by atoms with Crippen molar-refractivity contribution in [2.24, 2.45) is 0 Å². The number of halogens is 1. The van der Waals surface area contributed by atoms with Crippen LogP contribution in [-0.4, -0.2) is 29.4 Å². The predicted molar refractivity (Wildman–Crippen MR) is 143 cm³/mol. The van der Waals surface area contributed by atoms with E-state index in [1.54, 1.807) is 18.1 Å². The second kappa shape index (κ2) is 9.94. The lowest BCUT2D eigenvalue weighted by molar-refractivity contribution is 0.0749. The van der Waals surface area contributed by atoms with Crippen molar-refractivity contribution in [1.29, 1.82) is 0 Å². The molecular weight excluding hydrogens is 480 g/mol. The number of benzene rings is 3.